The number of ether oxygens (including phenoxy) is 1. The van der Waals surface area contributed by atoms with Crippen LogP contribution in [0.15, 0.2) is 48.7 Å². The number of hydrogen-bond donors (Lipinski definition) is 0. The van der Waals surface area contributed by atoms with Crippen LogP contribution in [0.5, 0.6) is 5.75 Å². The molecule has 0 fully saturated rings. The van der Waals surface area contributed by atoms with Crippen LogP contribution in [0, 0.1) is 0 Å². The summed E-state index contributed by atoms with van der Waals surface area (Å²) in [6.45, 7) is 4.00. The average Bonchev–Trinajstić information content (AvgIpc) is 2.42. The Hall–Kier alpha value is -1.83. The lowest BCUT2D eigenvalue weighted by molar-refractivity contribution is 0.415. The van der Waals surface area contributed by atoms with Crippen LogP contribution >= 0.6 is 0 Å². The van der Waals surface area contributed by atoms with Gasteiger partial charge in [0, 0.05) is 11.8 Å². The van der Waals surface area contributed by atoms with Gasteiger partial charge in [-0.1, -0.05) is 19.9 Å². The molecule has 2 nitrogen and oxygen atoms in total. The van der Waals surface area contributed by atoms with Gasteiger partial charge in [-0.05, 0) is 36.4 Å². The van der Waals surface area contributed by atoms with Gasteiger partial charge in [0.1, 0.15) is 5.75 Å². The van der Waals surface area contributed by atoms with Gasteiger partial charge in [-0.25, -0.2) is 0 Å². The summed E-state index contributed by atoms with van der Waals surface area (Å²) < 4.78 is 5.08. The van der Waals surface area contributed by atoms with E-state index in [1.54, 1.807) is 13.3 Å². The van der Waals surface area contributed by atoms with Crippen molar-refractivity contribution in [2.45, 2.75) is 13.8 Å². The molecule has 0 aliphatic carbocycles. The Balaban J connectivity index is 0.000000606. The summed E-state index contributed by atoms with van der Waals surface area (Å²) in [7, 11) is 1.66. The maximum absolute atomic E-state index is 5.08. The molecule has 0 N–H and O–H groups in total. The molecule has 1 aromatic carbocycles. The molecule has 0 atom stereocenters. The summed E-state index contributed by atoms with van der Waals surface area (Å²) in [6.07, 6.45) is 1.79. The van der Waals surface area contributed by atoms with Crippen molar-refractivity contribution in [1.82, 2.24) is 4.98 Å². The molecule has 2 aromatic rings. The maximum Gasteiger partial charge on any atom is 0.118 e. The molecule has 0 aliphatic rings. The van der Waals surface area contributed by atoms with Crippen molar-refractivity contribution in [3.05, 3.63) is 48.7 Å². The number of benzene rings is 1. The van der Waals surface area contributed by atoms with E-state index < -0.39 is 0 Å². The zero-order chi connectivity index (χ0) is 11.8. The summed E-state index contributed by atoms with van der Waals surface area (Å²) >= 11 is 0. The first-order valence-electron chi connectivity index (χ1n) is 5.45. The molecule has 0 aliphatic heterocycles. The zero-order valence-electron chi connectivity index (χ0n) is 9.97. The van der Waals surface area contributed by atoms with Crippen LogP contribution in [0.4, 0.5) is 0 Å². The molecular weight excluding hydrogens is 198 g/mol. The molecule has 2 rings (SSSR count). The van der Waals surface area contributed by atoms with Gasteiger partial charge in [-0.2, -0.15) is 0 Å². The van der Waals surface area contributed by atoms with Crippen LogP contribution < -0.4 is 4.74 Å². The van der Waals surface area contributed by atoms with Crippen LogP contribution in [0.1, 0.15) is 13.8 Å². The van der Waals surface area contributed by atoms with Crippen LogP contribution in [-0.4, -0.2) is 12.1 Å². The smallest absolute Gasteiger partial charge is 0.118 e. The Morgan fingerprint density at radius 1 is 0.938 bits per heavy atom. The predicted molar refractivity (Wildman–Crippen MR) is 67.6 cm³/mol. The Morgan fingerprint density at radius 3 is 2.12 bits per heavy atom. The van der Waals surface area contributed by atoms with Crippen LogP contribution in [0.3, 0.4) is 0 Å². The summed E-state index contributed by atoms with van der Waals surface area (Å²) in [5.41, 5.74) is 2.08. The second kappa shape index (κ2) is 6.62. The topological polar surface area (TPSA) is 22.1 Å². The minimum Gasteiger partial charge on any atom is -0.497 e. The maximum atomic E-state index is 5.08. The van der Waals surface area contributed by atoms with E-state index in [0.29, 0.717) is 0 Å². The fourth-order valence-electron chi connectivity index (χ4n) is 1.30. The first kappa shape index (κ1) is 12.2. The van der Waals surface area contributed by atoms with Crippen LogP contribution in [0.2, 0.25) is 0 Å². The third kappa shape index (κ3) is 3.09. The number of methoxy groups -OCH3 is 1. The highest BCUT2D eigenvalue weighted by Gasteiger charge is 1.97. The standard InChI is InChI=1S/C12H11NO.C2H6/c1-14-11-7-5-10(6-8-11)12-4-2-3-9-13-12;1-2/h2-9H,1H3;1-2H3. The number of rotatable bonds is 2. The lowest BCUT2D eigenvalue weighted by Crippen LogP contribution is -1.84. The molecule has 0 spiro atoms. The van der Waals surface area contributed by atoms with E-state index in [2.05, 4.69) is 4.98 Å². The fourth-order valence-corrected chi connectivity index (χ4v) is 1.30. The Morgan fingerprint density at radius 2 is 1.62 bits per heavy atom. The number of hydrogen-bond acceptors (Lipinski definition) is 2. The highest BCUT2D eigenvalue weighted by molar-refractivity contribution is 5.59. The molecule has 1 aromatic heterocycles. The van der Waals surface area contributed by atoms with Crippen molar-refractivity contribution in [2.75, 3.05) is 7.11 Å². The van der Waals surface area contributed by atoms with E-state index in [0.717, 1.165) is 17.0 Å². The summed E-state index contributed by atoms with van der Waals surface area (Å²) in [5.74, 6) is 0.865. The number of nitrogens with zero attached hydrogens (tertiary/aromatic N) is 1. The number of pyridine rings is 1. The van der Waals surface area contributed by atoms with E-state index in [9.17, 15) is 0 Å². The molecule has 0 amide bonds. The van der Waals surface area contributed by atoms with E-state index in [1.807, 2.05) is 56.3 Å². The molecule has 0 saturated heterocycles. The van der Waals surface area contributed by atoms with Gasteiger partial charge in [0.25, 0.3) is 0 Å². The van der Waals surface area contributed by atoms with Crippen molar-refractivity contribution in [2.24, 2.45) is 0 Å². The molecule has 0 saturated carbocycles. The van der Waals surface area contributed by atoms with Gasteiger partial charge in [-0.3, -0.25) is 4.98 Å². The fraction of sp³-hybridized carbons (Fsp3) is 0.214. The van der Waals surface area contributed by atoms with E-state index >= 15 is 0 Å². The molecule has 0 bridgehead atoms. The van der Waals surface area contributed by atoms with Gasteiger partial charge >= 0.3 is 0 Å². The third-order valence-electron chi connectivity index (χ3n) is 2.05. The van der Waals surface area contributed by atoms with E-state index in [-0.39, 0.29) is 0 Å². The van der Waals surface area contributed by atoms with Gasteiger partial charge in [-0.15, -0.1) is 0 Å². The minimum atomic E-state index is 0.865. The third-order valence-corrected chi connectivity index (χ3v) is 2.05. The Kier molecular flexibility index (Phi) is 5.06. The monoisotopic (exact) mass is 215 g/mol. The van der Waals surface area contributed by atoms with Gasteiger partial charge in [0.15, 0.2) is 0 Å². The molecular formula is C14H17NO. The first-order chi connectivity index (χ1) is 7.90. The highest BCUT2D eigenvalue weighted by atomic mass is 16.5. The second-order valence-electron chi connectivity index (χ2n) is 2.94. The largest absolute Gasteiger partial charge is 0.497 e. The zero-order valence-corrected chi connectivity index (χ0v) is 9.97. The molecule has 84 valence electrons. The molecule has 0 radical (unpaired) electrons. The Labute approximate surface area is 96.9 Å². The van der Waals surface area contributed by atoms with Crippen LogP contribution in [0.25, 0.3) is 11.3 Å². The number of aromatic nitrogens is 1. The van der Waals surface area contributed by atoms with Crippen molar-refractivity contribution < 1.29 is 4.74 Å². The van der Waals surface area contributed by atoms with Crippen molar-refractivity contribution in [1.29, 1.82) is 0 Å². The summed E-state index contributed by atoms with van der Waals surface area (Å²) in [4.78, 5) is 4.26. The molecule has 1 heterocycles. The lowest BCUT2D eigenvalue weighted by Gasteiger charge is -2.02. The molecule has 2 heteroatoms. The van der Waals surface area contributed by atoms with Gasteiger partial charge in [0.2, 0.25) is 0 Å². The second-order valence-corrected chi connectivity index (χ2v) is 2.94. The van der Waals surface area contributed by atoms with Crippen molar-refractivity contribution in [3.63, 3.8) is 0 Å². The minimum absolute atomic E-state index is 0.865. The average molecular weight is 215 g/mol. The van der Waals surface area contributed by atoms with Crippen molar-refractivity contribution >= 4 is 0 Å². The van der Waals surface area contributed by atoms with Gasteiger partial charge < -0.3 is 4.74 Å². The quantitative estimate of drug-likeness (QED) is 0.760. The Bertz CT molecular complexity index is 395. The highest BCUT2D eigenvalue weighted by Crippen LogP contribution is 2.19. The molecule has 16 heavy (non-hydrogen) atoms. The van der Waals surface area contributed by atoms with Crippen LogP contribution in [-0.2, 0) is 0 Å². The first-order valence-corrected chi connectivity index (χ1v) is 5.45. The van der Waals surface area contributed by atoms with Crippen molar-refractivity contribution in [3.8, 4) is 17.0 Å². The normalized spacial score (nSPS) is 8.94. The summed E-state index contributed by atoms with van der Waals surface area (Å²) in [5, 5.41) is 0. The molecule has 0 unspecified atom stereocenters. The predicted octanol–water partition coefficient (Wildman–Crippen LogP) is 3.78. The van der Waals surface area contributed by atoms with E-state index in [4.69, 9.17) is 4.74 Å². The SMILES string of the molecule is CC.COc1ccc(-c2ccccn2)cc1. The van der Waals surface area contributed by atoms with E-state index in [1.165, 1.54) is 0 Å². The summed E-state index contributed by atoms with van der Waals surface area (Å²) in [6, 6.07) is 13.7. The van der Waals surface area contributed by atoms with Gasteiger partial charge in [0.05, 0.1) is 12.8 Å². The lowest BCUT2D eigenvalue weighted by atomic mass is 10.1.